The van der Waals surface area contributed by atoms with Crippen LogP contribution in [-0.2, 0) is 7.05 Å². The first-order valence-corrected chi connectivity index (χ1v) is 12.7. The van der Waals surface area contributed by atoms with Crippen molar-refractivity contribution in [3.8, 4) is 5.75 Å². The number of methoxy groups -OCH3 is 1. The summed E-state index contributed by atoms with van der Waals surface area (Å²) in [6, 6.07) is 17.9. The number of piperazine rings is 1. The normalized spacial score (nSPS) is 21.9. The third-order valence-corrected chi connectivity index (χ3v) is 8.13. The van der Waals surface area contributed by atoms with Gasteiger partial charge in [0.05, 0.1) is 18.3 Å². The Bertz CT molecular complexity index is 1300. The van der Waals surface area contributed by atoms with Crippen molar-refractivity contribution in [2.24, 2.45) is 7.05 Å². The number of pyridine rings is 1. The molecule has 6 rings (SSSR count). The second-order valence-corrected chi connectivity index (χ2v) is 9.96. The van der Waals surface area contributed by atoms with Gasteiger partial charge in [-0.25, -0.2) is 0 Å². The molecule has 1 saturated heterocycles. The van der Waals surface area contributed by atoms with E-state index < -0.39 is 0 Å². The second-order valence-electron chi connectivity index (χ2n) is 9.96. The molecule has 5 heteroatoms. The molecule has 1 aliphatic heterocycles. The second kappa shape index (κ2) is 8.95. The van der Waals surface area contributed by atoms with Crippen LogP contribution in [0.25, 0.3) is 21.8 Å². The Morgan fingerprint density at radius 2 is 1.71 bits per heavy atom. The standard InChI is InChI=1S/C29H34N4O/c1-31-20-26(25-7-3-4-8-27(25)31)21-9-11-23(12-10-21)32-14-16-33(17-15-32)28-19-24(34-2)18-22-6-5-13-30-29(22)28/h3-8,13,18-21,23H,9-12,14-17H2,1-2H3. The molecule has 5 nitrogen and oxygen atoms in total. The lowest BCUT2D eigenvalue weighted by atomic mass is 9.81. The summed E-state index contributed by atoms with van der Waals surface area (Å²) in [5.74, 6) is 1.60. The van der Waals surface area contributed by atoms with Crippen molar-refractivity contribution in [2.75, 3.05) is 38.2 Å². The van der Waals surface area contributed by atoms with Gasteiger partial charge in [0.25, 0.3) is 0 Å². The number of rotatable bonds is 4. The van der Waals surface area contributed by atoms with Crippen LogP contribution in [0.2, 0.25) is 0 Å². The van der Waals surface area contributed by atoms with Crippen LogP contribution in [0.15, 0.2) is 60.9 Å². The quantitative estimate of drug-likeness (QED) is 0.403. The molecule has 0 bridgehead atoms. The zero-order chi connectivity index (χ0) is 23.1. The van der Waals surface area contributed by atoms with Gasteiger partial charge in [-0.3, -0.25) is 9.88 Å². The molecule has 34 heavy (non-hydrogen) atoms. The number of hydrogen-bond acceptors (Lipinski definition) is 4. The molecule has 0 amide bonds. The molecule has 0 radical (unpaired) electrons. The first-order chi connectivity index (χ1) is 16.7. The van der Waals surface area contributed by atoms with Crippen molar-refractivity contribution >= 4 is 27.5 Å². The van der Waals surface area contributed by atoms with Gasteiger partial charge in [0.2, 0.25) is 0 Å². The molecule has 2 aliphatic rings. The summed E-state index contributed by atoms with van der Waals surface area (Å²) in [6.45, 7) is 4.33. The van der Waals surface area contributed by atoms with Crippen LogP contribution < -0.4 is 9.64 Å². The average Bonchev–Trinajstić information content (AvgIpc) is 3.25. The first-order valence-electron chi connectivity index (χ1n) is 12.7. The van der Waals surface area contributed by atoms with Crippen LogP contribution in [0.4, 0.5) is 5.69 Å². The number of ether oxygens (including phenoxy) is 1. The molecular formula is C29H34N4O. The maximum atomic E-state index is 5.58. The fourth-order valence-corrected chi connectivity index (χ4v) is 6.28. The van der Waals surface area contributed by atoms with Gasteiger partial charge < -0.3 is 14.2 Å². The number of aryl methyl sites for hydroxylation is 1. The largest absolute Gasteiger partial charge is 0.497 e. The first kappa shape index (κ1) is 21.5. The van der Waals surface area contributed by atoms with Crippen LogP contribution in [0.5, 0.6) is 5.75 Å². The molecule has 0 N–H and O–H groups in total. The van der Waals surface area contributed by atoms with Crippen molar-refractivity contribution < 1.29 is 4.74 Å². The fourth-order valence-electron chi connectivity index (χ4n) is 6.28. The highest BCUT2D eigenvalue weighted by molar-refractivity contribution is 5.92. The number of benzene rings is 2. The van der Waals surface area contributed by atoms with Gasteiger partial charge in [-0.05, 0) is 55.4 Å². The summed E-state index contributed by atoms with van der Waals surface area (Å²) in [5, 5.41) is 2.59. The lowest BCUT2D eigenvalue weighted by molar-refractivity contribution is 0.141. The Labute approximate surface area is 201 Å². The summed E-state index contributed by atoms with van der Waals surface area (Å²) in [7, 11) is 3.92. The molecule has 1 saturated carbocycles. The smallest absolute Gasteiger partial charge is 0.121 e. The number of para-hydroxylation sites is 1. The third-order valence-electron chi connectivity index (χ3n) is 8.13. The summed E-state index contributed by atoms with van der Waals surface area (Å²) in [4.78, 5) is 9.93. The van der Waals surface area contributed by atoms with E-state index in [4.69, 9.17) is 4.74 Å². The van der Waals surface area contributed by atoms with E-state index in [0.29, 0.717) is 12.0 Å². The molecular weight excluding hydrogens is 420 g/mol. The fraction of sp³-hybridized carbons (Fsp3) is 0.414. The van der Waals surface area contributed by atoms with E-state index in [1.54, 1.807) is 12.7 Å². The molecule has 0 atom stereocenters. The van der Waals surface area contributed by atoms with Crippen molar-refractivity contribution in [2.45, 2.75) is 37.6 Å². The van der Waals surface area contributed by atoms with E-state index >= 15 is 0 Å². The minimum atomic E-state index is 0.692. The highest BCUT2D eigenvalue weighted by Crippen LogP contribution is 2.39. The van der Waals surface area contributed by atoms with Crippen molar-refractivity contribution in [1.29, 1.82) is 0 Å². The molecule has 4 aromatic rings. The van der Waals surface area contributed by atoms with Crippen LogP contribution in [0, 0.1) is 0 Å². The molecule has 2 aromatic carbocycles. The Balaban J connectivity index is 1.11. The lowest BCUT2D eigenvalue weighted by Crippen LogP contribution is -2.51. The SMILES string of the molecule is COc1cc(N2CCN(C3CCC(c4cn(C)c5ccccc45)CC3)CC2)c2ncccc2c1. The highest BCUT2D eigenvalue weighted by atomic mass is 16.5. The summed E-state index contributed by atoms with van der Waals surface area (Å²) in [6.07, 6.45) is 9.46. The Hall–Kier alpha value is -3.05. The summed E-state index contributed by atoms with van der Waals surface area (Å²) >= 11 is 0. The zero-order valence-corrected chi connectivity index (χ0v) is 20.3. The van der Waals surface area contributed by atoms with Crippen LogP contribution in [-0.4, -0.2) is 53.8 Å². The van der Waals surface area contributed by atoms with E-state index in [1.165, 1.54) is 42.3 Å². The van der Waals surface area contributed by atoms with Gasteiger partial charge in [0.1, 0.15) is 5.75 Å². The van der Waals surface area contributed by atoms with Gasteiger partial charge in [-0.15, -0.1) is 0 Å². The van der Waals surface area contributed by atoms with E-state index in [-0.39, 0.29) is 0 Å². The minimum Gasteiger partial charge on any atom is -0.497 e. The topological polar surface area (TPSA) is 33.5 Å². The third kappa shape index (κ3) is 3.82. The maximum Gasteiger partial charge on any atom is 0.121 e. The molecule has 0 unspecified atom stereocenters. The van der Waals surface area contributed by atoms with E-state index in [9.17, 15) is 0 Å². The monoisotopic (exact) mass is 454 g/mol. The lowest BCUT2D eigenvalue weighted by Gasteiger charge is -2.42. The van der Waals surface area contributed by atoms with Crippen LogP contribution in [0.3, 0.4) is 0 Å². The molecule has 2 aromatic heterocycles. The Morgan fingerprint density at radius 3 is 2.50 bits per heavy atom. The zero-order valence-electron chi connectivity index (χ0n) is 20.3. The number of nitrogens with zero attached hydrogens (tertiary/aromatic N) is 4. The van der Waals surface area contributed by atoms with E-state index in [1.807, 2.05) is 12.3 Å². The average molecular weight is 455 g/mol. The highest BCUT2D eigenvalue weighted by Gasteiger charge is 2.30. The van der Waals surface area contributed by atoms with Crippen LogP contribution >= 0.6 is 0 Å². The van der Waals surface area contributed by atoms with Crippen molar-refractivity contribution in [1.82, 2.24) is 14.5 Å². The number of fused-ring (bicyclic) bond motifs is 2. The van der Waals surface area contributed by atoms with Gasteiger partial charge in [-0.1, -0.05) is 24.3 Å². The van der Waals surface area contributed by atoms with Gasteiger partial charge in [0.15, 0.2) is 0 Å². The summed E-state index contributed by atoms with van der Waals surface area (Å²) < 4.78 is 7.88. The summed E-state index contributed by atoms with van der Waals surface area (Å²) in [5.41, 5.74) is 5.19. The van der Waals surface area contributed by atoms with E-state index in [2.05, 4.69) is 75.1 Å². The molecule has 1 aliphatic carbocycles. The van der Waals surface area contributed by atoms with Gasteiger partial charge in [0, 0.05) is 74.0 Å². The molecule has 3 heterocycles. The molecule has 176 valence electrons. The number of hydrogen-bond donors (Lipinski definition) is 0. The Morgan fingerprint density at radius 1 is 0.912 bits per heavy atom. The molecule has 2 fully saturated rings. The van der Waals surface area contributed by atoms with Gasteiger partial charge >= 0.3 is 0 Å². The predicted molar refractivity (Wildman–Crippen MR) is 140 cm³/mol. The minimum absolute atomic E-state index is 0.692. The van der Waals surface area contributed by atoms with Crippen molar-refractivity contribution in [3.63, 3.8) is 0 Å². The van der Waals surface area contributed by atoms with Crippen LogP contribution in [0.1, 0.15) is 37.2 Å². The number of aromatic nitrogens is 2. The van der Waals surface area contributed by atoms with E-state index in [0.717, 1.165) is 42.8 Å². The molecule has 0 spiro atoms. The predicted octanol–water partition coefficient (Wildman–Crippen LogP) is 5.58. The van der Waals surface area contributed by atoms with Crippen molar-refractivity contribution in [3.05, 3.63) is 66.5 Å². The van der Waals surface area contributed by atoms with Gasteiger partial charge in [-0.2, -0.15) is 0 Å². The maximum absolute atomic E-state index is 5.58. The number of anilines is 1. The Kier molecular flexibility index (Phi) is 5.66.